The Balaban J connectivity index is 1.23. The first-order valence-corrected chi connectivity index (χ1v) is 10.8. The summed E-state index contributed by atoms with van der Waals surface area (Å²) < 4.78 is 13.9. The van der Waals surface area contributed by atoms with Crippen molar-refractivity contribution in [2.75, 3.05) is 55.7 Å². The fourth-order valence-electron chi connectivity index (χ4n) is 4.58. The maximum Gasteiger partial charge on any atom is 0.227 e. The third-order valence-corrected chi connectivity index (χ3v) is 6.33. The lowest BCUT2D eigenvalue weighted by atomic mass is 10.2. The fraction of sp³-hybridized carbons (Fsp3) is 0.545. The van der Waals surface area contributed by atoms with Crippen molar-refractivity contribution in [2.45, 2.75) is 25.9 Å². The number of carbonyl (C=O) groups is 1. The van der Waals surface area contributed by atoms with Gasteiger partial charge in [-0.3, -0.25) is 14.4 Å². The number of piperazine rings is 1. The smallest absolute Gasteiger partial charge is 0.227 e. The summed E-state index contributed by atoms with van der Waals surface area (Å²) in [5, 5.41) is 4.76. The molecule has 1 amide bonds. The second kappa shape index (κ2) is 7.83. The summed E-state index contributed by atoms with van der Waals surface area (Å²) in [6, 6.07) is 7.85. The fourth-order valence-corrected chi connectivity index (χ4v) is 4.58. The van der Waals surface area contributed by atoms with E-state index in [2.05, 4.69) is 9.80 Å². The summed E-state index contributed by atoms with van der Waals surface area (Å²) in [5.74, 6) is 2.81. The molecule has 1 atom stereocenters. The molecule has 30 heavy (non-hydrogen) atoms. The van der Waals surface area contributed by atoms with Crippen LogP contribution in [0.25, 0.3) is 0 Å². The molecule has 0 bridgehead atoms. The van der Waals surface area contributed by atoms with Crippen molar-refractivity contribution in [3.05, 3.63) is 30.0 Å². The maximum absolute atomic E-state index is 12.4. The average Bonchev–Trinajstić information content (AvgIpc) is 3.31. The van der Waals surface area contributed by atoms with E-state index in [1.807, 2.05) is 47.8 Å². The van der Waals surface area contributed by atoms with Gasteiger partial charge in [-0.2, -0.15) is 5.10 Å². The van der Waals surface area contributed by atoms with Gasteiger partial charge < -0.3 is 19.3 Å². The number of aryl methyl sites for hydroxylation is 1. The van der Waals surface area contributed by atoms with E-state index in [1.54, 1.807) is 0 Å². The summed E-state index contributed by atoms with van der Waals surface area (Å²) in [7, 11) is 1.96. The molecule has 5 rings (SSSR count). The van der Waals surface area contributed by atoms with Crippen LogP contribution >= 0.6 is 0 Å². The monoisotopic (exact) mass is 411 g/mol. The second-order valence-corrected chi connectivity index (χ2v) is 8.32. The molecule has 1 aromatic carbocycles. The summed E-state index contributed by atoms with van der Waals surface area (Å²) in [4.78, 5) is 19.0. The van der Waals surface area contributed by atoms with Crippen LogP contribution in [0.2, 0.25) is 0 Å². The molecule has 0 unspecified atom stereocenters. The Morgan fingerprint density at radius 3 is 2.60 bits per heavy atom. The van der Waals surface area contributed by atoms with Gasteiger partial charge in [-0.25, -0.2) is 0 Å². The van der Waals surface area contributed by atoms with Crippen LogP contribution in [0, 0.1) is 6.92 Å². The molecule has 3 aliphatic rings. The van der Waals surface area contributed by atoms with Gasteiger partial charge in [0.15, 0.2) is 17.3 Å². The molecule has 2 aromatic rings. The number of carbonyl (C=O) groups excluding carboxylic acids is 1. The highest BCUT2D eigenvalue weighted by Gasteiger charge is 2.32. The van der Waals surface area contributed by atoms with Crippen LogP contribution < -0.4 is 19.3 Å². The van der Waals surface area contributed by atoms with E-state index >= 15 is 0 Å². The van der Waals surface area contributed by atoms with E-state index < -0.39 is 0 Å². The van der Waals surface area contributed by atoms with Crippen molar-refractivity contribution < 1.29 is 14.3 Å². The third kappa shape index (κ3) is 3.49. The molecule has 1 aromatic heterocycles. The third-order valence-electron chi connectivity index (χ3n) is 6.33. The standard InChI is InChI=1S/C22H29N5O3/c1-16-21(27-9-5-8-20(27)28)22(23-24(16)2)26-12-10-25(11-13-26)14-17-15-29-18-6-3-4-7-19(18)30-17/h3-4,6-7,17H,5,8-15H2,1-2H3/t17-/m0/s1. The number of aromatic nitrogens is 2. The van der Waals surface area contributed by atoms with Crippen molar-refractivity contribution in [2.24, 2.45) is 7.05 Å². The first kappa shape index (κ1) is 19.2. The minimum Gasteiger partial charge on any atom is -0.486 e. The zero-order valence-electron chi connectivity index (χ0n) is 17.7. The lowest BCUT2D eigenvalue weighted by Crippen LogP contribution is -2.51. The van der Waals surface area contributed by atoms with Crippen LogP contribution in [0.3, 0.4) is 0 Å². The van der Waals surface area contributed by atoms with Gasteiger partial charge in [0, 0.05) is 52.7 Å². The largest absolute Gasteiger partial charge is 0.486 e. The van der Waals surface area contributed by atoms with Crippen LogP contribution in [0.5, 0.6) is 11.5 Å². The zero-order chi connectivity index (χ0) is 20.7. The molecule has 0 N–H and O–H groups in total. The molecule has 0 saturated carbocycles. The SMILES string of the molecule is Cc1c(N2CCCC2=O)c(N2CCN(C[C@H]3COc4ccccc4O3)CC2)nn1C. The molecule has 0 radical (unpaired) electrons. The van der Waals surface area contributed by atoms with Gasteiger partial charge in [0.2, 0.25) is 5.91 Å². The van der Waals surface area contributed by atoms with Crippen LogP contribution in [0.15, 0.2) is 24.3 Å². The topological polar surface area (TPSA) is 63.1 Å². The van der Waals surface area contributed by atoms with Gasteiger partial charge in [0.1, 0.15) is 18.4 Å². The van der Waals surface area contributed by atoms with Gasteiger partial charge in [-0.05, 0) is 25.5 Å². The number of rotatable bonds is 4. The Labute approximate surface area is 176 Å². The molecule has 2 fully saturated rings. The van der Waals surface area contributed by atoms with E-state index in [0.717, 1.165) is 74.4 Å². The molecule has 2 saturated heterocycles. The molecule has 160 valence electrons. The lowest BCUT2D eigenvalue weighted by molar-refractivity contribution is -0.117. The quantitative estimate of drug-likeness (QED) is 0.765. The van der Waals surface area contributed by atoms with E-state index in [1.165, 1.54) is 0 Å². The highest BCUT2D eigenvalue weighted by molar-refractivity contribution is 5.98. The van der Waals surface area contributed by atoms with Gasteiger partial charge >= 0.3 is 0 Å². The number of amides is 1. The Morgan fingerprint density at radius 2 is 1.87 bits per heavy atom. The molecule has 0 aliphatic carbocycles. The Morgan fingerprint density at radius 1 is 1.10 bits per heavy atom. The van der Waals surface area contributed by atoms with E-state index in [0.29, 0.717) is 13.0 Å². The summed E-state index contributed by atoms with van der Waals surface area (Å²) in [6.45, 7) is 7.91. The number of anilines is 2. The minimum absolute atomic E-state index is 0.0429. The molecule has 3 aliphatic heterocycles. The van der Waals surface area contributed by atoms with Crippen molar-refractivity contribution in [1.29, 1.82) is 0 Å². The average molecular weight is 412 g/mol. The number of ether oxygens (including phenoxy) is 2. The summed E-state index contributed by atoms with van der Waals surface area (Å²) in [5.41, 5.74) is 2.04. The van der Waals surface area contributed by atoms with Crippen molar-refractivity contribution in [1.82, 2.24) is 14.7 Å². The van der Waals surface area contributed by atoms with Crippen molar-refractivity contribution in [3.63, 3.8) is 0 Å². The second-order valence-electron chi connectivity index (χ2n) is 8.32. The molecule has 0 spiro atoms. The molecule has 8 heteroatoms. The van der Waals surface area contributed by atoms with Gasteiger partial charge in [-0.15, -0.1) is 0 Å². The highest BCUT2D eigenvalue weighted by atomic mass is 16.6. The number of benzene rings is 1. The molecular weight excluding hydrogens is 382 g/mol. The number of hydrogen-bond acceptors (Lipinski definition) is 6. The Kier molecular flexibility index (Phi) is 5.02. The summed E-state index contributed by atoms with van der Waals surface area (Å²) >= 11 is 0. The van der Waals surface area contributed by atoms with Crippen molar-refractivity contribution in [3.8, 4) is 11.5 Å². The Hall–Kier alpha value is -2.74. The summed E-state index contributed by atoms with van der Waals surface area (Å²) in [6.07, 6.45) is 1.60. The predicted molar refractivity (Wildman–Crippen MR) is 115 cm³/mol. The number of hydrogen-bond donors (Lipinski definition) is 0. The number of para-hydroxylation sites is 2. The van der Waals surface area contributed by atoms with E-state index in [-0.39, 0.29) is 12.0 Å². The first-order valence-electron chi connectivity index (χ1n) is 10.8. The molecule has 4 heterocycles. The van der Waals surface area contributed by atoms with Crippen molar-refractivity contribution >= 4 is 17.4 Å². The molecule has 8 nitrogen and oxygen atoms in total. The maximum atomic E-state index is 12.4. The van der Waals surface area contributed by atoms with Crippen LogP contribution in [0.4, 0.5) is 11.5 Å². The lowest BCUT2D eigenvalue weighted by Gasteiger charge is -2.38. The molecular formula is C22H29N5O3. The minimum atomic E-state index is 0.0429. The van der Waals surface area contributed by atoms with Crippen LogP contribution in [-0.2, 0) is 11.8 Å². The highest BCUT2D eigenvalue weighted by Crippen LogP contribution is 2.35. The van der Waals surface area contributed by atoms with Gasteiger partial charge in [0.05, 0.1) is 5.69 Å². The Bertz CT molecular complexity index is 935. The van der Waals surface area contributed by atoms with Gasteiger partial charge in [-0.1, -0.05) is 12.1 Å². The normalized spacial score (nSPS) is 22.1. The van der Waals surface area contributed by atoms with Crippen LogP contribution in [0.1, 0.15) is 18.5 Å². The number of fused-ring (bicyclic) bond motifs is 1. The van der Waals surface area contributed by atoms with E-state index in [4.69, 9.17) is 14.6 Å². The van der Waals surface area contributed by atoms with E-state index in [9.17, 15) is 4.79 Å². The predicted octanol–water partition coefficient (Wildman–Crippen LogP) is 1.82. The van der Waals surface area contributed by atoms with Crippen LogP contribution in [-0.4, -0.2) is 72.6 Å². The zero-order valence-corrected chi connectivity index (χ0v) is 17.7. The first-order chi connectivity index (χ1) is 14.6. The van der Waals surface area contributed by atoms with Gasteiger partial charge in [0.25, 0.3) is 0 Å². The number of nitrogens with zero attached hydrogens (tertiary/aromatic N) is 5.